The van der Waals surface area contributed by atoms with Crippen LogP contribution in [0.3, 0.4) is 0 Å². The average molecular weight is 230 g/mol. The number of hydrogen-bond donors (Lipinski definition) is 0. The lowest BCUT2D eigenvalue weighted by Crippen LogP contribution is -2.25. The topological polar surface area (TPSA) is 35.5 Å². The summed E-state index contributed by atoms with van der Waals surface area (Å²) < 4.78 is 10.8. The van der Waals surface area contributed by atoms with Crippen molar-refractivity contribution >= 4 is 5.78 Å². The van der Waals surface area contributed by atoms with Crippen molar-refractivity contribution in [2.24, 2.45) is 5.41 Å². The third-order valence-electron chi connectivity index (χ3n) is 2.63. The Morgan fingerprint density at radius 1 is 1.19 bits per heavy atom. The molecule has 0 bridgehead atoms. The zero-order chi connectivity index (χ0) is 12.6. The first-order valence-corrected chi connectivity index (χ1v) is 6.12. The van der Waals surface area contributed by atoms with Gasteiger partial charge in [-0.1, -0.05) is 20.8 Å². The molecule has 3 nitrogen and oxygen atoms in total. The van der Waals surface area contributed by atoms with Gasteiger partial charge < -0.3 is 9.47 Å². The average Bonchev–Trinajstić information content (AvgIpc) is 2.21. The van der Waals surface area contributed by atoms with Crippen LogP contribution in [0.25, 0.3) is 0 Å². The molecule has 0 aromatic carbocycles. The highest BCUT2D eigenvalue weighted by Crippen LogP contribution is 2.22. The highest BCUT2D eigenvalue weighted by Gasteiger charge is 2.25. The number of ether oxygens (including phenoxy) is 2. The van der Waals surface area contributed by atoms with Crippen molar-refractivity contribution in [3.8, 4) is 0 Å². The quantitative estimate of drug-likeness (QED) is 0.571. The minimum atomic E-state index is -0.256. The zero-order valence-electron chi connectivity index (χ0n) is 11.3. The standard InChI is InChI=1S/C13H26O3/c1-6-12(14)13(4,5)7-8-15-9-10-16-11(2)3/h11H,6-10H2,1-5H3. The molecule has 0 spiro atoms. The van der Waals surface area contributed by atoms with Crippen LogP contribution in [0.2, 0.25) is 0 Å². The highest BCUT2D eigenvalue weighted by molar-refractivity contribution is 5.83. The van der Waals surface area contributed by atoms with Gasteiger partial charge in [0.05, 0.1) is 19.3 Å². The molecule has 0 aliphatic heterocycles. The van der Waals surface area contributed by atoms with Crippen molar-refractivity contribution in [3.05, 3.63) is 0 Å². The van der Waals surface area contributed by atoms with Gasteiger partial charge in [0.25, 0.3) is 0 Å². The van der Waals surface area contributed by atoms with Crippen LogP contribution in [0.15, 0.2) is 0 Å². The lowest BCUT2D eigenvalue weighted by atomic mass is 9.84. The summed E-state index contributed by atoms with van der Waals surface area (Å²) in [6, 6.07) is 0. The van der Waals surface area contributed by atoms with Crippen LogP contribution < -0.4 is 0 Å². The Balaban J connectivity index is 3.54. The van der Waals surface area contributed by atoms with Crippen LogP contribution in [-0.4, -0.2) is 31.7 Å². The Labute approximate surface area is 99.5 Å². The van der Waals surface area contributed by atoms with E-state index in [-0.39, 0.29) is 11.5 Å². The minimum Gasteiger partial charge on any atom is -0.379 e. The Bertz CT molecular complexity index is 197. The van der Waals surface area contributed by atoms with E-state index in [2.05, 4.69) is 0 Å². The molecule has 0 N–H and O–H groups in total. The van der Waals surface area contributed by atoms with E-state index in [1.807, 2.05) is 34.6 Å². The number of ketones is 1. The fourth-order valence-corrected chi connectivity index (χ4v) is 1.39. The van der Waals surface area contributed by atoms with Crippen molar-refractivity contribution in [1.82, 2.24) is 0 Å². The molecule has 0 fully saturated rings. The largest absolute Gasteiger partial charge is 0.379 e. The van der Waals surface area contributed by atoms with Gasteiger partial charge in [-0.3, -0.25) is 4.79 Å². The first-order chi connectivity index (χ1) is 7.40. The SMILES string of the molecule is CCC(=O)C(C)(C)CCOCCOC(C)C. The van der Waals surface area contributed by atoms with Gasteiger partial charge in [0.1, 0.15) is 5.78 Å². The van der Waals surface area contributed by atoms with E-state index in [1.54, 1.807) is 0 Å². The molecule has 0 radical (unpaired) electrons. The Morgan fingerprint density at radius 3 is 2.31 bits per heavy atom. The van der Waals surface area contributed by atoms with Gasteiger partial charge in [-0.05, 0) is 20.3 Å². The van der Waals surface area contributed by atoms with Gasteiger partial charge in [0.2, 0.25) is 0 Å². The maximum atomic E-state index is 11.6. The van der Waals surface area contributed by atoms with Crippen LogP contribution >= 0.6 is 0 Å². The van der Waals surface area contributed by atoms with Gasteiger partial charge in [0, 0.05) is 18.4 Å². The number of hydrogen-bond acceptors (Lipinski definition) is 3. The summed E-state index contributed by atoms with van der Waals surface area (Å²) in [7, 11) is 0. The van der Waals surface area contributed by atoms with Gasteiger partial charge in [0.15, 0.2) is 0 Å². The molecule has 3 heteroatoms. The molecule has 0 aromatic heterocycles. The van der Waals surface area contributed by atoms with Crippen LogP contribution in [-0.2, 0) is 14.3 Å². The van der Waals surface area contributed by atoms with E-state index in [0.717, 1.165) is 6.42 Å². The van der Waals surface area contributed by atoms with E-state index in [0.29, 0.717) is 32.0 Å². The van der Waals surface area contributed by atoms with Crippen molar-refractivity contribution in [1.29, 1.82) is 0 Å². The molecule has 96 valence electrons. The number of carbonyl (C=O) groups is 1. The van der Waals surface area contributed by atoms with E-state index in [9.17, 15) is 4.79 Å². The molecule has 0 aliphatic rings. The lowest BCUT2D eigenvalue weighted by Gasteiger charge is -2.22. The van der Waals surface area contributed by atoms with Gasteiger partial charge in [-0.15, -0.1) is 0 Å². The maximum absolute atomic E-state index is 11.6. The predicted octanol–water partition coefficient (Wildman–Crippen LogP) is 2.82. The van der Waals surface area contributed by atoms with Crippen LogP contribution in [0.1, 0.15) is 47.5 Å². The first kappa shape index (κ1) is 15.6. The Hall–Kier alpha value is -0.410. The van der Waals surface area contributed by atoms with Crippen molar-refractivity contribution < 1.29 is 14.3 Å². The fraction of sp³-hybridized carbons (Fsp3) is 0.923. The van der Waals surface area contributed by atoms with E-state index >= 15 is 0 Å². The van der Waals surface area contributed by atoms with Crippen LogP contribution in [0.4, 0.5) is 0 Å². The monoisotopic (exact) mass is 230 g/mol. The van der Waals surface area contributed by atoms with E-state index < -0.39 is 0 Å². The van der Waals surface area contributed by atoms with Crippen molar-refractivity contribution in [2.75, 3.05) is 19.8 Å². The molecule has 0 atom stereocenters. The van der Waals surface area contributed by atoms with Crippen molar-refractivity contribution in [2.45, 2.75) is 53.6 Å². The summed E-state index contributed by atoms with van der Waals surface area (Å²) in [6.45, 7) is 11.7. The summed E-state index contributed by atoms with van der Waals surface area (Å²) in [5.74, 6) is 0.300. The molecular formula is C13H26O3. The van der Waals surface area contributed by atoms with E-state index in [1.165, 1.54) is 0 Å². The van der Waals surface area contributed by atoms with Crippen molar-refractivity contribution in [3.63, 3.8) is 0 Å². The van der Waals surface area contributed by atoms with Crippen LogP contribution in [0.5, 0.6) is 0 Å². The third kappa shape index (κ3) is 6.96. The van der Waals surface area contributed by atoms with Gasteiger partial charge in [-0.2, -0.15) is 0 Å². The summed E-state index contributed by atoms with van der Waals surface area (Å²) in [4.78, 5) is 11.6. The molecule has 0 saturated carbocycles. The molecule has 16 heavy (non-hydrogen) atoms. The summed E-state index contributed by atoms with van der Waals surface area (Å²) >= 11 is 0. The second-order valence-electron chi connectivity index (χ2n) is 4.94. The second kappa shape index (κ2) is 7.80. The summed E-state index contributed by atoms with van der Waals surface area (Å²) in [6.07, 6.45) is 1.63. The molecular weight excluding hydrogens is 204 g/mol. The summed E-state index contributed by atoms with van der Waals surface area (Å²) in [5.41, 5.74) is -0.256. The Morgan fingerprint density at radius 2 is 1.81 bits per heavy atom. The summed E-state index contributed by atoms with van der Waals surface area (Å²) in [5, 5.41) is 0. The second-order valence-corrected chi connectivity index (χ2v) is 4.94. The normalized spacial score (nSPS) is 12.1. The molecule has 0 heterocycles. The first-order valence-electron chi connectivity index (χ1n) is 6.12. The number of carbonyl (C=O) groups excluding carboxylic acids is 1. The Kier molecular flexibility index (Phi) is 7.60. The molecule has 0 saturated heterocycles. The number of rotatable bonds is 9. The predicted molar refractivity (Wildman–Crippen MR) is 65.6 cm³/mol. The lowest BCUT2D eigenvalue weighted by molar-refractivity contribution is -0.127. The number of Topliss-reactive ketones (excluding diaryl/α,β-unsaturated/α-hetero) is 1. The van der Waals surface area contributed by atoms with Gasteiger partial charge in [-0.25, -0.2) is 0 Å². The third-order valence-corrected chi connectivity index (χ3v) is 2.63. The molecule has 0 amide bonds. The van der Waals surface area contributed by atoms with Gasteiger partial charge >= 0.3 is 0 Å². The van der Waals surface area contributed by atoms with Crippen LogP contribution in [0, 0.1) is 5.41 Å². The molecule has 0 aromatic rings. The molecule has 0 rings (SSSR count). The smallest absolute Gasteiger partial charge is 0.138 e. The highest BCUT2D eigenvalue weighted by atomic mass is 16.5. The minimum absolute atomic E-state index is 0.252. The molecule has 0 unspecified atom stereocenters. The van der Waals surface area contributed by atoms with E-state index in [4.69, 9.17) is 9.47 Å². The maximum Gasteiger partial charge on any atom is 0.138 e. The fourth-order valence-electron chi connectivity index (χ4n) is 1.39. The molecule has 0 aliphatic carbocycles. The zero-order valence-corrected chi connectivity index (χ0v) is 11.3.